The summed E-state index contributed by atoms with van der Waals surface area (Å²) in [7, 11) is -4.30. The largest absolute Gasteiger partial charge is 0.358 e. The normalized spacial score (nSPS) is 11.4. The van der Waals surface area contributed by atoms with Crippen molar-refractivity contribution >= 4 is 26.8 Å². The van der Waals surface area contributed by atoms with Crippen molar-refractivity contribution in [1.29, 1.82) is 5.26 Å². The smallest absolute Gasteiger partial charge is 0.294 e. The number of aromatic amines is 1. The molecule has 3 aromatic rings. The number of carbonyl (C=O) groups excluding carboxylic acids is 1. The molecule has 3 rings (SSSR count). The summed E-state index contributed by atoms with van der Waals surface area (Å²) in [5.41, 5.74) is 3.19. The van der Waals surface area contributed by atoms with Crippen LogP contribution in [0.4, 0.5) is 0 Å². The summed E-state index contributed by atoms with van der Waals surface area (Å²) < 4.78 is 31.7. The van der Waals surface area contributed by atoms with Crippen LogP contribution in [-0.4, -0.2) is 23.7 Å². The molecule has 0 amide bonds. The van der Waals surface area contributed by atoms with Gasteiger partial charge in [-0.1, -0.05) is 18.2 Å². The second kappa shape index (κ2) is 6.75. The molecule has 0 atom stereocenters. The van der Waals surface area contributed by atoms with Gasteiger partial charge in [0.25, 0.3) is 10.1 Å². The van der Waals surface area contributed by atoms with Gasteiger partial charge in [0, 0.05) is 28.6 Å². The standard InChI is InChI=1S/C19H16N2O4S/c1-12-19(16-8-7-15(26(23,24)25)10-17(16)21-12)18(22)9-6-13-2-4-14(11-20)5-3-13/h2-5,7-8,10,21H,6,9H2,1H3,(H,23,24,25). The molecule has 0 aliphatic heterocycles. The molecule has 1 aromatic heterocycles. The number of Topliss-reactive ketones (excluding diaryl/α,β-unsaturated/α-hetero) is 1. The number of nitrogens with one attached hydrogen (secondary N) is 1. The molecule has 1 heterocycles. The number of aryl methyl sites for hydroxylation is 2. The van der Waals surface area contributed by atoms with Gasteiger partial charge in [0.1, 0.15) is 0 Å². The molecule has 26 heavy (non-hydrogen) atoms. The Balaban J connectivity index is 1.85. The second-order valence-corrected chi connectivity index (χ2v) is 7.46. The maximum Gasteiger partial charge on any atom is 0.294 e. The minimum atomic E-state index is -4.30. The van der Waals surface area contributed by atoms with Crippen LogP contribution in [0.2, 0.25) is 0 Å². The van der Waals surface area contributed by atoms with E-state index in [0.717, 1.165) is 5.56 Å². The first-order valence-electron chi connectivity index (χ1n) is 7.91. The molecule has 0 fully saturated rings. The topological polar surface area (TPSA) is 111 Å². The van der Waals surface area contributed by atoms with E-state index in [1.807, 2.05) is 12.1 Å². The van der Waals surface area contributed by atoms with Crippen molar-refractivity contribution in [2.75, 3.05) is 0 Å². The summed E-state index contributed by atoms with van der Waals surface area (Å²) >= 11 is 0. The Morgan fingerprint density at radius 3 is 2.50 bits per heavy atom. The van der Waals surface area contributed by atoms with Crippen LogP contribution in [0.1, 0.15) is 33.6 Å². The Labute approximate surface area is 150 Å². The molecule has 0 radical (unpaired) electrons. The molecule has 6 nitrogen and oxygen atoms in total. The monoisotopic (exact) mass is 368 g/mol. The average molecular weight is 368 g/mol. The van der Waals surface area contributed by atoms with Gasteiger partial charge in [-0.2, -0.15) is 13.7 Å². The minimum absolute atomic E-state index is 0.0577. The van der Waals surface area contributed by atoms with Gasteiger partial charge in [-0.25, -0.2) is 0 Å². The summed E-state index contributed by atoms with van der Waals surface area (Å²) in [6, 6.07) is 13.3. The number of nitriles is 1. The maximum atomic E-state index is 12.7. The number of fused-ring (bicyclic) bond motifs is 1. The summed E-state index contributed by atoms with van der Waals surface area (Å²) in [6.45, 7) is 1.75. The first kappa shape index (κ1) is 17.9. The Morgan fingerprint density at radius 2 is 1.88 bits per heavy atom. The van der Waals surface area contributed by atoms with Crippen LogP contribution in [0.3, 0.4) is 0 Å². The van der Waals surface area contributed by atoms with Gasteiger partial charge >= 0.3 is 0 Å². The Bertz CT molecular complexity index is 1140. The lowest BCUT2D eigenvalue weighted by molar-refractivity contribution is 0.0984. The molecule has 2 aromatic carbocycles. The summed E-state index contributed by atoms with van der Waals surface area (Å²) in [4.78, 5) is 15.5. The van der Waals surface area contributed by atoms with Crippen LogP contribution in [0.15, 0.2) is 47.4 Å². The van der Waals surface area contributed by atoms with E-state index in [2.05, 4.69) is 11.1 Å². The fraction of sp³-hybridized carbons (Fsp3) is 0.158. The molecule has 2 N–H and O–H groups in total. The van der Waals surface area contributed by atoms with Gasteiger partial charge in [-0.05, 0) is 43.2 Å². The van der Waals surface area contributed by atoms with E-state index in [4.69, 9.17) is 9.81 Å². The third-order valence-electron chi connectivity index (χ3n) is 4.26. The lowest BCUT2D eigenvalue weighted by atomic mass is 10.00. The van der Waals surface area contributed by atoms with Crippen molar-refractivity contribution in [1.82, 2.24) is 4.98 Å². The zero-order valence-electron chi connectivity index (χ0n) is 14.0. The number of ketones is 1. The fourth-order valence-corrected chi connectivity index (χ4v) is 3.47. The number of hydrogen-bond acceptors (Lipinski definition) is 4. The molecule has 0 saturated carbocycles. The van der Waals surface area contributed by atoms with Crippen LogP contribution in [0, 0.1) is 18.3 Å². The van der Waals surface area contributed by atoms with Gasteiger partial charge in [0.05, 0.1) is 16.5 Å². The maximum absolute atomic E-state index is 12.7. The van der Waals surface area contributed by atoms with Gasteiger partial charge in [-0.3, -0.25) is 9.35 Å². The SMILES string of the molecule is Cc1[nH]c2cc(S(=O)(=O)O)ccc2c1C(=O)CCc1ccc(C#N)cc1. The highest BCUT2D eigenvalue weighted by Crippen LogP contribution is 2.26. The molecule has 0 unspecified atom stereocenters. The molecule has 0 aliphatic rings. The third kappa shape index (κ3) is 3.52. The third-order valence-corrected chi connectivity index (χ3v) is 5.11. The Morgan fingerprint density at radius 1 is 1.19 bits per heavy atom. The molecule has 132 valence electrons. The zero-order valence-corrected chi connectivity index (χ0v) is 14.8. The van der Waals surface area contributed by atoms with Gasteiger partial charge in [0.15, 0.2) is 5.78 Å². The van der Waals surface area contributed by atoms with Crippen molar-refractivity contribution in [3.63, 3.8) is 0 Å². The van der Waals surface area contributed by atoms with E-state index in [1.165, 1.54) is 18.2 Å². The fourth-order valence-electron chi connectivity index (χ4n) is 2.96. The quantitative estimate of drug-likeness (QED) is 0.529. The predicted molar refractivity (Wildman–Crippen MR) is 96.7 cm³/mol. The lowest BCUT2D eigenvalue weighted by Gasteiger charge is -2.03. The number of carbonyl (C=O) groups is 1. The van der Waals surface area contributed by atoms with Crippen molar-refractivity contribution in [3.8, 4) is 6.07 Å². The van der Waals surface area contributed by atoms with Crippen LogP contribution in [0.25, 0.3) is 10.9 Å². The van der Waals surface area contributed by atoms with E-state index >= 15 is 0 Å². The van der Waals surface area contributed by atoms with Gasteiger partial charge in [-0.15, -0.1) is 0 Å². The highest BCUT2D eigenvalue weighted by Gasteiger charge is 2.18. The van der Waals surface area contributed by atoms with Crippen LogP contribution in [-0.2, 0) is 16.5 Å². The second-order valence-electron chi connectivity index (χ2n) is 6.04. The summed E-state index contributed by atoms with van der Waals surface area (Å²) in [6.07, 6.45) is 0.833. The zero-order chi connectivity index (χ0) is 18.9. The van der Waals surface area contributed by atoms with Crippen LogP contribution < -0.4 is 0 Å². The number of rotatable bonds is 5. The predicted octanol–water partition coefficient (Wildman–Crippen LogP) is 3.41. The summed E-state index contributed by atoms with van der Waals surface area (Å²) in [5.74, 6) is -0.0577. The Hall–Kier alpha value is -2.95. The number of H-pyrrole nitrogens is 1. The van der Waals surface area contributed by atoms with E-state index in [1.54, 1.807) is 19.1 Å². The van der Waals surface area contributed by atoms with Gasteiger partial charge < -0.3 is 4.98 Å². The van der Waals surface area contributed by atoms with E-state index in [-0.39, 0.29) is 10.7 Å². The summed E-state index contributed by atoms with van der Waals surface area (Å²) in [5, 5.41) is 9.44. The molecular formula is C19H16N2O4S. The highest BCUT2D eigenvalue weighted by molar-refractivity contribution is 7.85. The molecule has 7 heteroatoms. The molecule has 0 saturated heterocycles. The number of hydrogen-bond donors (Lipinski definition) is 2. The number of nitrogens with zero attached hydrogens (tertiary/aromatic N) is 1. The van der Waals surface area contributed by atoms with Crippen molar-refractivity contribution in [2.24, 2.45) is 0 Å². The molecule has 0 aliphatic carbocycles. The number of benzene rings is 2. The minimum Gasteiger partial charge on any atom is -0.358 e. The Kier molecular flexibility index (Phi) is 4.64. The lowest BCUT2D eigenvalue weighted by Crippen LogP contribution is -2.02. The van der Waals surface area contributed by atoms with E-state index in [0.29, 0.717) is 40.6 Å². The first-order valence-corrected chi connectivity index (χ1v) is 9.35. The van der Waals surface area contributed by atoms with Crippen LogP contribution >= 0.6 is 0 Å². The molecule has 0 bridgehead atoms. The first-order chi connectivity index (χ1) is 12.3. The van der Waals surface area contributed by atoms with E-state index < -0.39 is 10.1 Å². The van der Waals surface area contributed by atoms with Crippen molar-refractivity contribution in [2.45, 2.75) is 24.7 Å². The average Bonchev–Trinajstić information content (AvgIpc) is 2.94. The van der Waals surface area contributed by atoms with Gasteiger partial charge in [0.2, 0.25) is 0 Å². The highest BCUT2D eigenvalue weighted by atomic mass is 32.2. The van der Waals surface area contributed by atoms with E-state index in [9.17, 15) is 13.2 Å². The van der Waals surface area contributed by atoms with Crippen molar-refractivity contribution < 1.29 is 17.8 Å². The van der Waals surface area contributed by atoms with Crippen molar-refractivity contribution in [3.05, 3.63) is 64.8 Å². The number of aromatic nitrogens is 1. The van der Waals surface area contributed by atoms with Crippen LogP contribution in [0.5, 0.6) is 0 Å². The molecular weight excluding hydrogens is 352 g/mol. The molecule has 0 spiro atoms.